The van der Waals surface area contributed by atoms with Gasteiger partial charge in [-0.15, -0.1) is 11.3 Å². The number of fused-ring (bicyclic) bond motifs is 1. The number of carbonyl (C=O) groups excluding carboxylic acids is 1. The molecule has 3 rings (SSSR count). The molecule has 26 heavy (non-hydrogen) atoms. The molecule has 0 radical (unpaired) electrons. The minimum absolute atomic E-state index is 0.214. The quantitative estimate of drug-likeness (QED) is 0.606. The fraction of sp³-hybridized carbons (Fsp3) is 0.333. The van der Waals surface area contributed by atoms with Gasteiger partial charge in [0.25, 0.3) is 5.91 Å². The van der Waals surface area contributed by atoms with Gasteiger partial charge >= 0.3 is 0 Å². The lowest BCUT2D eigenvalue weighted by Crippen LogP contribution is -2.18. The van der Waals surface area contributed by atoms with Gasteiger partial charge in [0, 0.05) is 10.6 Å². The fourth-order valence-corrected chi connectivity index (χ4v) is 4.58. The molecule has 0 atom stereocenters. The Bertz CT molecular complexity index is 938. The van der Waals surface area contributed by atoms with Gasteiger partial charge < -0.3 is 0 Å². The maximum absolute atomic E-state index is 12.4. The van der Waals surface area contributed by atoms with E-state index in [1.165, 1.54) is 23.3 Å². The number of carbonyl (C=O) groups is 1. The van der Waals surface area contributed by atoms with Crippen molar-refractivity contribution in [2.45, 2.75) is 32.6 Å². The summed E-state index contributed by atoms with van der Waals surface area (Å²) in [5.74, 6) is -0.214. The lowest BCUT2D eigenvalue weighted by atomic mass is 9.99. The molecule has 2 aromatic rings. The molecule has 1 aliphatic carbocycles. The average Bonchev–Trinajstić information content (AvgIpc) is 3.02. The Kier molecular flexibility index (Phi) is 5.43. The Morgan fingerprint density at radius 3 is 2.69 bits per heavy atom. The van der Waals surface area contributed by atoms with Crippen LogP contribution in [0.15, 0.2) is 35.4 Å². The van der Waals surface area contributed by atoms with E-state index < -0.39 is 10.0 Å². The summed E-state index contributed by atoms with van der Waals surface area (Å²) in [6.45, 7) is 1.76. The summed E-state index contributed by atoms with van der Waals surface area (Å²) in [5, 5.41) is 4.16. The zero-order valence-electron chi connectivity index (χ0n) is 14.7. The summed E-state index contributed by atoms with van der Waals surface area (Å²) in [4.78, 5) is 14.3. The summed E-state index contributed by atoms with van der Waals surface area (Å²) < 4.78 is 25.1. The van der Waals surface area contributed by atoms with Gasteiger partial charge in [0.15, 0.2) is 0 Å². The second-order valence-electron chi connectivity index (χ2n) is 6.36. The lowest BCUT2D eigenvalue weighted by Gasteiger charge is -2.08. The number of amides is 1. The van der Waals surface area contributed by atoms with Gasteiger partial charge in [-0.25, -0.2) is 13.8 Å². The Balaban J connectivity index is 1.71. The van der Waals surface area contributed by atoms with Crippen molar-refractivity contribution in [3.8, 4) is 0 Å². The van der Waals surface area contributed by atoms with Crippen molar-refractivity contribution in [3.05, 3.63) is 51.2 Å². The Morgan fingerprint density at radius 2 is 1.96 bits per heavy atom. The molecular formula is C18H21N3O3S2. The van der Waals surface area contributed by atoms with E-state index in [1.807, 2.05) is 12.1 Å². The zero-order valence-corrected chi connectivity index (χ0v) is 16.3. The molecule has 8 heteroatoms. The first-order chi connectivity index (χ1) is 12.3. The van der Waals surface area contributed by atoms with Crippen molar-refractivity contribution in [2.24, 2.45) is 5.10 Å². The van der Waals surface area contributed by atoms with Crippen LogP contribution in [0.4, 0.5) is 5.69 Å². The second kappa shape index (κ2) is 7.59. The molecule has 0 bridgehead atoms. The fourth-order valence-electron chi connectivity index (χ4n) is 2.88. The highest BCUT2D eigenvalue weighted by Gasteiger charge is 2.17. The van der Waals surface area contributed by atoms with Gasteiger partial charge in [0.2, 0.25) is 10.0 Å². The van der Waals surface area contributed by atoms with Crippen LogP contribution >= 0.6 is 11.3 Å². The predicted octanol–water partition coefficient (Wildman–Crippen LogP) is 3.15. The van der Waals surface area contributed by atoms with Crippen LogP contribution in [0.2, 0.25) is 0 Å². The largest absolute Gasteiger partial charge is 0.284 e. The lowest BCUT2D eigenvalue weighted by molar-refractivity contribution is 0.0959. The van der Waals surface area contributed by atoms with Crippen LogP contribution < -0.4 is 10.1 Å². The molecule has 1 aromatic carbocycles. The van der Waals surface area contributed by atoms with Crippen LogP contribution in [0.3, 0.4) is 0 Å². The molecule has 2 N–H and O–H groups in total. The van der Waals surface area contributed by atoms with Gasteiger partial charge in [-0.1, -0.05) is 12.1 Å². The molecule has 1 amide bonds. The number of hydrazone groups is 1. The Morgan fingerprint density at radius 1 is 1.19 bits per heavy atom. The maximum Gasteiger partial charge on any atom is 0.281 e. The molecule has 1 aromatic heterocycles. The average molecular weight is 392 g/mol. The van der Waals surface area contributed by atoms with E-state index in [-0.39, 0.29) is 5.91 Å². The zero-order chi connectivity index (χ0) is 18.7. The SMILES string of the molecule is CC(=NNC(=O)c1cc2c(s1)CCCC2)c1cccc(NS(C)(=O)=O)c1. The van der Waals surface area contributed by atoms with Gasteiger partial charge in [-0.2, -0.15) is 5.10 Å². The smallest absolute Gasteiger partial charge is 0.281 e. The van der Waals surface area contributed by atoms with Crippen molar-refractivity contribution < 1.29 is 13.2 Å². The van der Waals surface area contributed by atoms with Gasteiger partial charge in [0.05, 0.1) is 16.8 Å². The molecule has 6 nitrogen and oxygen atoms in total. The molecule has 0 fully saturated rings. The summed E-state index contributed by atoms with van der Waals surface area (Å²) >= 11 is 1.54. The number of sulfonamides is 1. The summed E-state index contributed by atoms with van der Waals surface area (Å²) in [6, 6.07) is 8.85. The highest BCUT2D eigenvalue weighted by molar-refractivity contribution is 7.92. The van der Waals surface area contributed by atoms with Gasteiger partial charge in [-0.05, 0) is 61.9 Å². The number of nitrogens with one attached hydrogen (secondary N) is 2. The van der Waals surface area contributed by atoms with Crippen molar-refractivity contribution in [1.29, 1.82) is 0 Å². The number of benzene rings is 1. The van der Waals surface area contributed by atoms with E-state index in [9.17, 15) is 13.2 Å². The van der Waals surface area contributed by atoms with E-state index in [1.54, 1.807) is 36.5 Å². The molecule has 138 valence electrons. The van der Waals surface area contributed by atoms with E-state index in [0.29, 0.717) is 16.3 Å². The first kappa shape index (κ1) is 18.6. The number of nitrogens with zero attached hydrogens (tertiary/aromatic N) is 1. The predicted molar refractivity (Wildman–Crippen MR) is 106 cm³/mol. The highest BCUT2D eigenvalue weighted by Crippen LogP contribution is 2.29. The van der Waals surface area contributed by atoms with Crippen LogP contribution in [-0.4, -0.2) is 26.3 Å². The van der Waals surface area contributed by atoms with E-state index in [2.05, 4.69) is 15.2 Å². The van der Waals surface area contributed by atoms with E-state index in [0.717, 1.165) is 24.7 Å². The van der Waals surface area contributed by atoms with Crippen molar-refractivity contribution in [2.75, 3.05) is 11.0 Å². The first-order valence-corrected chi connectivity index (χ1v) is 11.1. The number of rotatable bonds is 5. The summed E-state index contributed by atoms with van der Waals surface area (Å²) in [7, 11) is -3.34. The number of thiophene rings is 1. The molecule has 0 unspecified atom stereocenters. The molecule has 0 aliphatic heterocycles. The molecular weight excluding hydrogens is 370 g/mol. The van der Waals surface area contributed by atoms with Gasteiger partial charge in [-0.3, -0.25) is 9.52 Å². The molecule has 0 saturated heterocycles. The molecule has 1 aliphatic rings. The molecule has 0 spiro atoms. The molecule has 1 heterocycles. The van der Waals surface area contributed by atoms with Crippen LogP contribution in [0, 0.1) is 0 Å². The minimum Gasteiger partial charge on any atom is -0.284 e. The van der Waals surface area contributed by atoms with Crippen molar-refractivity contribution in [3.63, 3.8) is 0 Å². The Hall–Kier alpha value is -2.19. The maximum atomic E-state index is 12.4. The Labute approximate surface area is 157 Å². The van der Waals surface area contributed by atoms with E-state index >= 15 is 0 Å². The third-order valence-corrected chi connectivity index (χ3v) is 5.97. The van der Waals surface area contributed by atoms with Crippen LogP contribution in [-0.2, 0) is 22.9 Å². The van der Waals surface area contributed by atoms with Gasteiger partial charge in [0.1, 0.15) is 0 Å². The van der Waals surface area contributed by atoms with Crippen LogP contribution in [0.1, 0.15) is 45.4 Å². The number of aryl methyl sites for hydroxylation is 2. The number of hydrogen-bond acceptors (Lipinski definition) is 5. The third-order valence-electron chi connectivity index (χ3n) is 4.13. The first-order valence-electron chi connectivity index (χ1n) is 8.36. The van der Waals surface area contributed by atoms with Crippen molar-refractivity contribution in [1.82, 2.24) is 5.43 Å². The standard InChI is InChI=1S/C18H21N3O3S2/c1-12(13-7-5-8-15(10-13)21-26(2,23)24)19-20-18(22)17-11-14-6-3-4-9-16(14)25-17/h5,7-8,10-11,21H,3-4,6,9H2,1-2H3,(H,20,22). The monoisotopic (exact) mass is 391 g/mol. The minimum atomic E-state index is -3.34. The summed E-state index contributed by atoms with van der Waals surface area (Å²) in [5.41, 5.74) is 5.65. The topological polar surface area (TPSA) is 87.6 Å². The summed E-state index contributed by atoms with van der Waals surface area (Å²) in [6.07, 6.45) is 5.56. The second-order valence-corrected chi connectivity index (χ2v) is 9.24. The van der Waals surface area contributed by atoms with Crippen LogP contribution in [0.5, 0.6) is 0 Å². The highest BCUT2D eigenvalue weighted by atomic mass is 32.2. The third kappa shape index (κ3) is 4.70. The molecule has 0 saturated carbocycles. The normalized spacial score (nSPS) is 14.6. The number of hydrogen-bond donors (Lipinski definition) is 2. The van der Waals surface area contributed by atoms with Crippen molar-refractivity contribution >= 4 is 38.7 Å². The van der Waals surface area contributed by atoms with Crippen LogP contribution in [0.25, 0.3) is 0 Å². The number of anilines is 1. The van der Waals surface area contributed by atoms with E-state index in [4.69, 9.17) is 0 Å².